The minimum atomic E-state index is -0.198. The Bertz CT molecular complexity index is 3970. The van der Waals surface area contributed by atoms with Crippen molar-refractivity contribution < 1.29 is 4.42 Å². The zero-order valence-electron chi connectivity index (χ0n) is 39.6. The van der Waals surface area contributed by atoms with Crippen LogP contribution in [0.4, 0.5) is 11.4 Å². The highest BCUT2D eigenvalue weighted by atomic mass is 32.1. The Labute approximate surface area is 394 Å². The van der Waals surface area contributed by atoms with Gasteiger partial charge in [-0.2, -0.15) is 0 Å². The third-order valence-electron chi connectivity index (χ3n) is 16.1. The number of thiophene rings is 2. The molecular weight excluding hydrogens is 840 g/mol. The van der Waals surface area contributed by atoms with Gasteiger partial charge < -0.3 is 13.8 Å². The number of hydrogen-bond acceptors (Lipinski definition) is 4. The quantitative estimate of drug-likeness (QED) is 0.153. The smallest absolute Gasteiger partial charge is 0.375 e. The molecule has 0 saturated carbocycles. The van der Waals surface area contributed by atoms with Crippen LogP contribution in [0.3, 0.4) is 0 Å². The van der Waals surface area contributed by atoms with Gasteiger partial charge in [0.1, 0.15) is 11.2 Å². The number of aromatic nitrogens is 1. The Morgan fingerprint density at radius 3 is 1.95 bits per heavy atom. The Balaban J connectivity index is 1.13. The molecule has 2 aliphatic heterocycles. The van der Waals surface area contributed by atoms with Crippen molar-refractivity contribution in [3.63, 3.8) is 0 Å². The lowest BCUT2D eigenvalue weighted by Gasteiger charge is -2.42. The normalized spacial score (nSPS) is 16.4. The minimum Gasteiger partial charge on any atom is -0.466 e. The van der Waals surface area contributed by atoms with Crippen molar-refractivity contribution in [2.45, 2.75) is 104 Å². The molecule has 3 aliphatic rings. The zero-order chi connectivity index (χ0) is 45.1. The highest BCUT2D eigenvalue weighted by Gasteiger charge is 2.48. The van der Waals surface area contributed by atoms with Gasteiger partial charge in [0.2, 0.25) is 0 Å². The lowest BCUT2D eigenvalue weighted by molar-refractivity contribution is 0.332. The summed E-state index contributed by atoms with van der Waals surface area (Å²) in [6, 6.07) is 45.3. The fourth-order valence-corrected chi connectivity index (χ4v) is 14.6. The summed E-state index contributed by atoms with van der Waals surface area (Å²) in [6.07, 6.45) is 2.41. The maximum Gasteiger partial charge on any atom is 0.375 e. The maximum absolute atomic E-state index is 7.41. The van der Waals surface area contributed by atoms with Crippen molar-refractivity contribution in [3.05, 3.63) is 138 Å². The van der Waals surface area contributed by atoms with Gasteiger partial charge in [0.15, 0.2) is 0 Å². The first kappa shape index (κ1) is 39.4. The SMILES string of the molecule is CC(C)(C)c1ccc(N2B3c4oc5ccc(C(C)(C)C)cc5c4-n4c5cc6sc7ccccc7c6cc5c5ccc(c3c54)-c3cc4c(cc32)sc2cc3c(cc24)C(C)(C)CCC3(C)C)cc1. The Morgan fingerprint density at radius 1 is 0.545 bits per heavy atom. The van der Waals surface area contributed by atoms with E-state index in [2.05, 4.69) is 194 Å². The molecule has 0 spiro atoms. The van der Waals surface area contributed by atoms with E-state index in [-0.39, 0.29) is 28.5 Å². The van der Waals surface area contributed by atoms with Crippen molar-refractivity contribution in [1.82, 2.24) is 4.57 Å². The number of anilines is 2. The first-order valence-corrected chi connectivity index (χ1v) is 25.5. The Kier molecular flexibility index (Phi) is 7.50. The van der Waals surface area contributed by atoms with Crippen molar-refractivity contribution in [3.8, 4) is 16.8 Å². The number of hydrogen-bond donors (Lipinski definition) is 0. The molecule has 0 saturated heterocycles. The van der Waals surface area contributed by atoms with E-state index >= 15 is 0 Å². The average Bonchev–Trinajstić information content (AvgIpc) is 4.03. The van der Waals surface area contributed by atoms with Crippen LogP contribution in [0.1, 0.15) is 104 Å². The van der Waals surface area contributed by atoms with Crippen LogP contribution < -0.4 is 15.9 Å². The van der Waals surface area contributed by atoms with Gasteiger partial charge in [-0.25, -0.2) is 0 Å². The van der Waals surface area contributed by atoms with E-state index in [4.69, 9.17) is 4.42 Å². The van der Waals surface area contributed by atoms with Gasteiger partial charge >= 0.3 is 6.85 Å². The van der Waals surface area contributed by atoms with E-state index < -0.39 is 0 Å². The van der Waals surface area contributed by atoms with Crippen molar-refractivity contribution in [2.24, 2.45) is 0 Å². The van der Waals surface area contributed by atoms with Gasteiger partial charge in [-0.1, -0.05) is 118 Å². The average molecular weight is 893 g/mol. The number of nitrogens with zero attached hydrogens (tertiary/aromatic N) is 2. The third kappa shape index (κ3) is 5.15. The summed E-state index contributed by atoms with van der Waals surface area (Å²) >= 11 is 3.86. The molecule has 0 bridgehead atoms. The fraction of sp³-hybridized carbons (Fsp3) is 0.267. The van der Waals surface area contributed by atoms with Crippen LogP contribution in [-0.2, 0) is 21.7 Å². The summed E-state index contributed by atoms with van der Waals surface area (Å²) in [7, 11) is 0. The van der Waals surface area contributed by atoms with E-state index in [9.17, 15) is 0 Å². The van der Waals surface area contributed by atoms with E-state index in [0.29, 0.717) is 0 Å². The first-order valence-electron chi connectivity index (χ1n) is 23.9. The molecule has 6 heterocycles. The van der Waals surface area contributed by atoms with Crippen LogP contribution in [0, 0.1) is 0 Å². The highest BCUT2D eigenvalue weighted by molar-refractivity contribution is 7.26. The summed E-state index contributed by atoms with van der Waals surface area (Å²) in [5.41, 5.74) is 17.9. The van der Waals surface area contributed by atoms with Crippen LogP contribution in [0.15, 0.2) is 120 Å². The predicted molar refractivity (Wildman–Crippen MR) is 288 cm³/mol. The second kappa shape index (κ2) is 12.6. The standard InChI is InChI=1S/C60H53BN2OS2/c1-57(2,3)32-15-18-34(19-16-32)63-47-31-52-41(42-28-44-45(29-50(42)66-52)60(9,10)24-23-59(44,7)8)26-38(47)36-20-21-37-39-27-40-35-13-11-12-14-49(35)65-51(40)30-46(39)62-54(37)53(36)61(63)56-55(62)43-25-33(58(4,5)6)17-22-48(43)64-56/h11-22,25-31H,23-24H2,1-10H3. The van der Waals surface area contributed by atoms with Crippen molar-refractivity contribution in [2.75, 3.05) is 4.81 Å². The molecule has 4 aromatic heterocycles. The molecule has 0 radical (unpaired) electrons. The van der Waals surface area contributed by atoms with Crippen LogP contribution >= 0.6 is 22.7 Å². The molecule has 66 heavy (non-hydrogen) atoms. The van der Waals surface area contributed by atoms with Gasteiger partial charge in [-0.05, 0) is 135 Å². The number of furan rings is 1. The van der Waals surface area contributed by atoms with Gasteiger partial charge in [-0.15, -0.1) is 22.7 Å². The lowest BCUT2D eigenvalue weighted by Crippen LogP contribution is -2.60. The zero-order valence-corrected chi connectivity index (χ0v) is 41.2. The van der Waals surface area contributed by atoms with Crippen molar-refractivity contribution in [1.29, 1.82) is 0 Å². The molecule has 3 nitrogen and oxygen atoms in total. The monoisotopic (exact) mass is 892 g/mol. The first-order chi connectivity index (χ1) is 31.4. The van der Waals surface area contributed by atoms with Gasteiger partial charge in [0.05, 0.1) is 16.7 Å². The molecule has 11 aromatic rings. The highest BCUT2D eigenvalue weighted by Crippen LogP contribution is 2.53. The van der Waals surface area contributed by atoms with Crippen LogP contribution in [0.25, 0.3) is 89.9 Å². The molecule has 0 fully saturated rings. The molecule has 1 aliphatic carbocycles. The van der Waals surface area contributed by atoms with Gasteiger partial charge in [0, 0.05) is 73.4 Å². The summed E-state index contributed by atoms with van der Waals surface area (Å²) in [5, 5.41) is 9.15. The molecular formula is C60H53BN2OS2. The fourth-order valence-electron chi connectivity index (χ4n) is 12.3. The second-order valence-corrected chi connectivity index (χ2v) is 25.4. The molecule has 14 rings (SSSR count). The molecule has 0 amide bonds. The van der Waals surface area contributed by atoms with E-state index in [1.54, 1.807) is 0 Å². The van der Waals surface area contributed by atoms with Gasteiger partial charge in [0.25, 0.3) is 0 Å². The summed E-state index contributed by atoms with van der Waals surface area (Å²) in [5.74, 6) is 0. The largest absolute Gasteiger partial charge is 0.466 e. The summed E-state index contributed by atoms with van der Waals surface area (Å²) in [6.45, 7) is 23.5. The molecule has 0 N–H and O–H groups in total. The predicted octanol–water partition coefficient (Wildman–Crippen LogP) is 16.4. The Hall–Kier alpha value is -5.82. The van der Waals surface area contributed by atoms with Crippen LogP contribution in [0.5, 0.6) is 0 Å². The Morgan fingerprint density at radius 2 is 1.20 bits per heavy atom. The van der Waals surface area contributed by atoms with Gasteiger partial charge in [-0.3, -0.25) is 0 Å². The minimum absolute atomic E-state index is 0.0274. The number of fused-ring (bicyclic) bond motifs is 17. The molecule has 0 unspecified atom stereocenters. The van der Waals surface area contributed by atoms with E-state index in [0.717, 1.165) is 11.2 Å². The number of rotatable bonds is 1. The second-order valence-electron chi connectivity index (χ2n) is 23.2. The van der Waals surface area contributed by atoms with E-state index in [1.165, 1.54) is 136 Å². The summed E-state index contributed by atoms with van der Waals surface area (Å²) < 4.78 is 15.4. The van der Waals surface area contributed by atoms with E-state index in [1.807, 2.05) is 22.7 Å². The van der Waals surface area contributed by atoms with Crippen molar-refractivity contribution >= 4 is 125 Å². The molecule has 324 valence electrons. The third-order valence-corrected chi connectivity index (χ3v) is 18.4. The molecule has 6 heteroatoms. The van der Waals surface area contributed by atoms with Crippen LogP contribution in [-0.4, -0.2) is 11.4 Å². The van der Waals surface area contributed by atoms with Crippen LogP contribution in [0.2, 0.25) is 0 Å². The molecule has 7 aromatic carbocycles. The number of benzene rings is 7. The maximum atomic E-state index is 7.41. The summed E-state index contributed by atoms with van der Waals surface area (Å²) in [4.78, 5) is 2.64. The lowest BCUT2D eigenvalue weighted by atomic mass is 9.46. The molecule has 0 atom stereocenters. The topological polar surface area (TPSA) is 21.3 Å².